The molecule has 0 radical (unpaired) electrons. The monoisotopic (exact) mass is 372 g/mol. The third kappa shape index (κ3) is 5.58. The Hall–Kier alpha value is -1.84. The van der Waals surface area contributed by atoms with E-state index in [9.17, 15) is 4.79 Å². The molecule has 1 aliphatic heterocycles. The molecule has 0 atom stereocenters. The number of amides is 1. The molecule has 1 aliphatic rings. The van der Waals surface area contributed by atoms with Gasteiger partial charge >= 0.3 is 0 Å². The van der Waals surface area contributed by atoms with Gasteiger partial charge in [-0.1, -0.05) is 48.5 Å². The summed E-state index contributed by atoms with van der Waals surface area (Å²) in [5, 5.41) is 0. The van der Waals surface area contributed by atoms with Crippen LogP contribution < -0.4 is 0 Å². The van der Waals surface area contributed by atoms with Crippen LogP contribution in [0.4, 0.5) is 0 Å². The highest BCUT2D eigenvalue weighted by atomic mass is 35.5. The summed E-state index contributed by atoms with van der Waals surface area (Å²) in [6.45, 7) is 7.01. The van der Waals surface area contributed by atoms with E-state index in [1.807, 2.05) is 35.2 Å². The van der Waals surface area contributed by atoms with Crippen LogP contribution in [0.2, 0.25) is 0 Å². The molecule has 4 heteroatoms. The molecule has 1 heterocycles. The maximum atomic E-state index is 12.7. The van der Waals surface area contributed by atoms with Gasteiger partial charge in [0.05, 0.1) is 0 Å². The average Bonchev–Trinajstić information content (AvgIpc) is 2.68. The largest absolute Gasteiger partial charge is 0.339 e. The van der Waals surface area contributed by atoms with Crippen molar-refractivity contribution in [3.63, 3.8) is 0 Å². The van der Waals surface area contributed by atoms with Crippen molar-refractivity contribution in [3.05, 3.63) is 71.8 Å². The Morgan fingerprint density at radius 2 is 1.58 bits per heavy atom. The smallest absolute Gasteiger partial charge is 0.253 e. The minimum atomic E-state index is 0. The number of hydrogen-bond acceptors (Lipinski definition) is 2. The number of hydrogen-bond donors (Lipinski definition) is 0. The van der Waals surface area contributed by atoms with E-state index in [1.165, 1.54) is 18.4 Å². The van der Waals surface area contributed by atoms with Crippen molar-refractivity contribution in [3.8, 4) is 0 Å². The average molecular weight is 373 g/mol. The number of nitrogens with zero attached hydrogens (tertiary/aromatic N) is 2. The van der Waals surface area contributed by atoms with Gasteiger partial charge in [0.1, 0.15) is 0 Å². The second-order valence-corrected chi connectivity index (χ2v) is 6.91. The fraction of sp³-hybridized carbons (Fsp3) is 0.409. The van der Waals surface area contributed by atoms with Crippen molar-refractivity contribution >= 4 is 18.3 Å². The lowest BCUT2D eigenvalue weighted by atomic mass is 9.95. The van der Waals surface area contributed by atoms with Crippen LogP contribution in [-0.4, -0.2) is 41.9 Å². The van der Waals surface area contributed by atoms with Gasteiger partial charge in [0.25, 0.3) is 5.91 Å². The zero-order valence-corrected chi connectivity index (χ0v) is 16.3. The Labute approximate surface area is 163 Å². The molecule has 1 fully saturated rings. The predicted octanol–water partition coefficient (Wildman–Crippen LogP) is 4.48. The topological polar surface area (TPSA) is 23.6 Å². The van der Waals surface area contributed by atoms with E-state index in [0.717, 1.165) is 38.3 Å². The summed E-state index contributed by atoms with van der Waals surface area (Å²) in [7, 11) is 0. The van der Waals surface area contributed by atoms with Gasteiger partial charge < -0.3 is 4.90 Å². The first-order valence-electron chi connectivity index (χ1n) is 9.37. The first kappa shape index (κ1) is 20.5. The standard InChI is InChI=1S/C22H28N2O.ClH/c1-2-24(22(25)21-11-7-4-8-12-21)18-20-13-15-23(16-14-20)17-19-9-5-3-6-10-19;/h3-12,20H,2,13-18H2,1H3;1H. The van der Waals surface area contributed by atoms with Crippen LogP contribution in [-0.2, 0) is 6.54 Å². The van der Waals surface area contributed by atoms with Gasteiger partial charge in [0.2, 0.25) is 0 Å². The summed E-state index contributed by atoms with van der Waals surface area (Å²) in [5.41, 5.74) is 2.18. The van der Waals surface area contributed by atoms with Crippen LogP contribution in [0.15, 0.2) is 60.7 Å². The quantitative estimate of drug-likeness (QED) is 0.746. The molecule has 0 spiro atoms. The molecule has 2 aromatic rings. The van der Waals surface area contributed by atoms with E-state index in [4.69, 9.17) is 0 Å². The van der Waals surface area contributed by atoms with Crippen molar-refractivity contribution in [1.29, 1.82) is 0 Å². The lowest BCUT2D eigenvalue weighted by molar-refractivity contribution is 0.0698. The maximum Gasteiger partial charge on any atom is 0.253 e. The van der Waals surface area contributed by atoms with Crippen LogP contribution in [0.1, 0.15) is 35.7 Å². The second kappa shape index (κ2) is 10.3. The van der Waals surface area contributed by atoms with Crippen LogP contribution in [0.5, 0.6) is 0 Å². The van der Waals surface area contributed by atoms with Crippen molar-refractivity contribution in [2.45, 2.75) is 26.3 Å². The molecule has 0 N–H and O–H groups in total. The molecular weight excluding hydrogens is 344 g/mol. The summed E-state index contributed by atoms with van der Waals surface area (Å²) < 4.78 is 0. The van der Waals surface area contributed by atoms with Crippen LogP contribution in [0, 0.1) is 5.92 Å². The van der Waals surface area contributed by atoms with Crippen LogP contribution >= 0.6 is 12.4 Å². The highest BCUT2D eigenvalue weighted by molar-refractivity contribution is 5.94. The lowest BCUT2D eigenvalue weighted by Crippen LogP contribution is -2.40. The van der Waals surface area contributed by atoms with E-state index in [0.29, 0.717) is 5.92 Å². The van der Waals surface area contributed by atoms with Gasteiger partial charge in [-0.3, -0.25) is 9.69 Å². The molecule has 0 aliphatic carbocycles. The number of benzene rings is 2. The molecule has 1 amide bonds. The van der Waals surface area contributed by atoms with Gasteiger partial charge in [-0.15, -0.1) is 12.4 Å². The summed E-state index contributed by atoms with van der Waals surface area (Å²) in [5.74, 6) is 0.773. The number of carbonyl (C=O) groups excluding carboxylic acids is 1. The van der Waals surface area contributed by atoms with E-state index in [2.05, 4.69) is 42.2 Å². The van der Waals surface area contributed by atoms with Gasteiger partial charge in [-0.25, -0.2) is 0 Å². The molecule has 0 aromatic heterocycles. The van der Waals surface area contributed by atoms with E-state index >= 15 is 0 Å². The van der Waals surface area contributed by atoms with E-state index in [1.54, 1.807) is 0 Å². The van der Waals surface area contributed by atoms with Gasteiger partial charge in [0, 0.05) is 25.2 Å². The van der Waals surface area contributed by atoms with Crippen LogP contribution in [0.3, 0.4) is 0 Å². The molecule has 26 heavy (non-hydrogen) atoms. The van der Waals surface area contributed by atoms with Gasteiger partial charge in [-0.2, -0.15) is 0 Å². The molecule has 0 unspecified atom stereocenters. The van der Waals surface area contributed by atoms with Crippen molar-refractivity contribution in [1.82, 2.24) is 9.80 Å². The lowest BCUT2D eigenvalue weighted by Gasteiger charge is -2.34. The maximum absolute atomic E-state index is 12.7. The zero-order chi connectivity index (χ0) is 17.5. The number of likely N-dealkylation sites (tertiary alicyclic amines) is 1. The Kier molecular flexibility index (Phi) is 8.14. The Morgan fingerprint density at radius 3 is 2.15 bits per heavy atom. The first-order valence-corrected chi connectivity index (χ1v) is 9.37. The van der Waals surface area contributed by atoms with E-state index in [-0.39, 0.29) is 18.3 Å². The predicted molar refractivity (Wildman–Crippen MR) is 110 cm³/mol. The van der Waals surface area contributed by atoms with Crippen molar-refractivity contribution in [2.75, 3.05) is 26.2 Å². The first-order chi connectivity index (χ1) is 12.3. The molecule has 3 nitrogen and oxygen atoms in total. The highest BCUT2D eigenvalue weighted by Crippen LogP contribution is 2.21. The van der Waals surface area contributed by atoms with Crippen LogP contribution in [0.25, 0.3) is 0 Å². The molecule has 0 saturated carbocycles. The summed E-state index contributed by atoms with van der Waals surface area (Å²) in [6.07, 6.45) is 2.34. The summed E-state index contributed by atoms with van der Waals surface area (Å²) in [6, 6.07) is 20.3. The minimum Gasteiger partial charge on any atom is -0.339 e. The Balaban J connectivity index is 0.00000243. The Bertz CT molecular complexity index is 654. The fourth-order valence-corrected chi connectivity index (χ4v) is 3.60. The molecule has 140 valence electrons. The molecular formula is C22H29ClN2O. The summed E-state index contributed by atoms with van der Waals surface area (Å²) >= 11 is 0. The van der Waals surface area contributed by atoms with Gasteiger partial charge in [0.15, 0.2) is 0 Å². The minimum absolute atomic E-state index is 0. The third-order valence-electron chi connectivity index (χ3n) is 5.12. The second-order valence-electron chi connectivity index (χ2n) is 6.91. The Morgan fingerprint density at radius 1 is 1.00 bits per heavy atom. The zero-order valence-electron chi connectivity index (χ0n) is 15.5. The third-order valence-corrected chi connectivity index (χ3v) is 5.12. The SMILES string of the molecule is CCN(CC1CCN(Cc2ccccc2)CC1)C(=O)c1ccccc1.Cl. The normalized spacial score (nSPS) is 15.3. The molecule has 0 bridgehead atoms. The van der Waals surface area contributed by atoms with Crippen molar-refractivity contribution < 1.29 is 4.79 Å². The van der Waals surface area contributed by atoms with Gasteiger partial charge in [-0.05, 0) is 56.5 Å². The molecule has 1 saturated heterocycles. The van der Waals surface area contributed by atoms with E-state index < -0.39 is 0 Å². The highest BCUT2D eigenvalue weighted by Gasteiger charge is 2.23. The number of rotatable bonds is 6. The fourth-order valence-electron chi connectivity index (χ4n) is 3.60. The summed E-state index contributed by atoms with van der Waals surface area (Å²) in [4.78, 5) is 17.2. The number of halogens is 1. The molecule has 3 rings (SSSR count). The van der Waals surface area contributed by atoms with Crippen molar-refractivity contribution in [2.24, 2.45) is 5.92 Å². The number of piperidine rings is 1. The number of carbonyl (C=O) groups is 1. The molecule has 2 aromatic carbocycles.